The summed E-state index contributed by atoms with van der Waals surface area (Å²) < 4.78 is 28.7. The molecule has 0 aliphatic heterocycles. The Morgan fingerprint density at radius 1 is 1.53 bits per heavy atom. The highest BCUT2D eigenvalue weighted by Crippen LogP contribution is 2.32. The Balaban J connectivity index is 2.26. The van der Waals surface area contributed by atoms with Gasteiger partial charge in [-0.3, -0.25) is 0 Å². The number of anilines is 1. The molecule has 1 aromatic rings. The molecule has 1 fully saturated rings. The summed E-state index contributed by atoms with van der Waals surface area (Å²) in [5.74, 6) is 0.253. The Bertz CT molecular complexity index is 532. The van der Waals surface area contributed by atoms with E-state index in [9.17, 15) is 8.42 Å². The van der Waals surface area contributed by atoms with Gasteiger partial charge in [0.1, 0.15) is 10.7 Å². The third kappa shape index (κ3) is 2.92. The van der Waals surface area contributed by atoms with E-state index < -0.39 is 10.0 Å². The number of nitrogens with two attached hydrogens (primary N) is 1. The smallest absolute Gasteiger partial charge is 0.246 e. The highest BCUT2D eigenvalue weighted by Gasteiger charge is 2.27. The van der Waals surface area contributed by atoms with Crippen molar-refractivity contribution in [3.05, 3.63) is 6.20 Å². The zero-order valence-corrected chi connectivity index (χ0v) is 12.3. The maximum Gasteiger partial charge on any atom is 0.246 e. The predicted molar refractivity (Wildman–Crippen MR) is 74.2 cm³/mol. The molecule has 0 spiro atoms. The van der Waals surface area contributed by atoms with Crippen molar-refractivity contribution in [1.82, 2.24) is 14.5 Å². The number of nitrogen functional groups attached to an aromatic ring is 1. The van der Waals surface area contributed by atoms with E-state index in [1.54, 1.807) is 4.68 Å². The van der Waals surface area contributed by atoms with Gasteiger partial charge in [0, 0.05) is 6.04 Å². The second kappa shape index (κ2) is 5.50. The summed E-state index contributed by atoms with van der Waals surface area (Å²) >= 11 is 0. The third-order valence-corrected chi connectivity index (χ3v) is 5.33. The monoisotopic (exact) mass is 286 g/mol. The van der Waals surface area contributed by atoms with E-state index in [1.165, 1.54) is 6.20 Å². The molecule has 3 N–H and O–H groups in total. The normalized spacial score (nSPS) is 18.8. The molecule has 1 aliphatic carbocycles. The van der Waals surface area contributed by atoms with E-state index in [2.05, 4.69) is 9.82 Å². The van der Waals surface area contributed by atoms with Crippen molar-refractivity contribution in [2.45, 2.75) is 62.9 Å². The molecule has 7 heteroatoms. The van der Waals surface area contributed by atoms with E-state index in [0.29, 0.717) is 0 Å². The first-order chi connectivity index (χ1) is 8.95. The van der Waals surface area contributed by atoms with E-state index >= 15 is 0 Å². The van der Waals surface area contributed by atoms with Crippen LogP contribution in [0.15, 0.2) is 11.1 Å². The fourth-order valence-corrected chi connectivity index (χ4v) is 3.79. The molecule has 1 aromatic heterocycles. The molecule has 0 radical (unpaired) electrons. The lowest BCUT2D eigenvalue weighted by atomic mass is 10.2. The minimum Gasteiger partial charge on any atom is -0.383 e. The number of aromatic nitrogens is 2. The van der Waals surface area contributed by atoms with Gasteiger partial charge >= 0.3 is 0 Å². The van der Waals surface area contributed by atoms with Crippen molar-refractivity contribution in [1.29, 1.82) is 0 Å². The van der Waals surface area contributed by atoms with Gasteiger partial charge in [-0.15, -0.1) is 0 Å². The largest absolute Gasteiger partial charge is 0.383 e. The van der Waals surface area contributed by atoms with Gasteiger partial charge in [-0.2, -0.15) is 5.10 Å². The average molecular weight is 286 g/mol. The number of nitrogens with one attached hydrogen (secondary N) is 1. The van der Waals surface area contributed by atoms with E-state index in [0.717, 1.165) is 32.1 Å². The number of sulfonamides is 1. The molecule has 0 amide bonds. The van der Waals surface area contributed by atoms with Gasteiger partial charge in [-0.1, -0.05) is 19.8 Å². The first kappa shape index (κ1) is 14.3. The lowest BCUT2D eigenvalue weighted by Crippen LogP contribution is -2.32. The van der Waals surface area contributed by atoms with Crippen molar-refractivity contribution in [2.75, 3.05) is 5.73 Å². The van der Waals surface area contributed by atoms with Crippen molar-refractivity contribution < 1.29 is 8.42 Å². The standard InChI is InChI=1S/C12H22N4O2S/c1-3-9(2)15-19(17,18)11-8-14-16(12(11)13)10-6-4-5-7-10/h8-10,15H,3-7,13H2,1-2H3. The van der Waals surface area contributed by atoms with E-state index in [-0.39, 0.29) is 22.8 Å². The summed E-state index contributed by atoms with van der Waals surface area (Å²) in [5, 5.41) is 4.17. The van der Waals surface area contributed by atoms with Gasteiger partial charge in [0.15, 0.2) is 0 Å². The van der Waals surface area contributed by atoms with Gasteiger partial charge in [-0.25, -0.2) is 17.8 Å². The van der Waals surface area contributed by atoms with Gasteiger partial charge in [0.2, 0.25) is 10.0 Å². The summed E-state index contributed by atoms with van der Waals surface area (Å²) in [4.78, 5) is 0.0969. The molecule has 6 nitrogen and oxygen atoms in total. The van der Waals surface area contributed by atoms with Crippen molar-refractivity contribution in [2.24, 2.45) is 0 Å². The number of hydrogen-bond acceptors (Lipinski definition) is 4. The highest BCUT2D eigenvalue weighted by atomic mass is 32.2. The second-order valence-electron chi connectivity index (χ2n) is 5.21. The second-order valence-corrected chi connectivity index (χ2v) is 6.89. The minimum absolute atomic E-state index is 0.0969. The molecule has 0 aromatic carbocycles. The summed E-state index contributed by atoms with van der Waals surface area (Å²) in [5.41, 5.74) is 5.97. The topological polar surface area (TPSA) is 90.0 Å². The first-order valence-corrected chi connectivity index (χ1v) is 8.29. The summed E-state index contributed by atoms with van der Waals surface area (Å²) in [6.07, 6.45) is 6.43. The van der Waals surface area contributed by atoms with Gasteiger partial charge in [-0.05, 0) is 26.2 Å². The van der Waals surface area contributed by atoms with Crippen LogP contribution in [0.4, 0.5) is 5.82 Å². The molecule has 0 saturated heterocycles. The van der Waals surface area contributed by atoms with Crippen LogP contribution in [0.5, 0.6) is 0 Å². The van der Waals surface area contributed by atoms with Crippen molar-refractivity contribution in [3.63, 3.8) is 0 Å². The Labute approximate surface area is 114 Å². The summed E-state index contributed by atoms with van der Waals surface area (Å²) in [7, 11) is -3.57. The molecule has 1 atom stereocenters. The van der Waals surface area contributed by atoms with Crippen LogP contribution in [0.25, 0.3) is 0 Å². The van der Waals surface area contributed by atoms with Crippen LogP contribution in [0.2, 0.25) is 0 Å². The van der Waals surface area contributed by atoms with Crippen LogP contribution < -0.4 is 10.5 Å². The molecule has 108 valence electrons. The fourth-order valence-electron chi connectivity index (χ4n) is 2.41. The molecule has 2 rings (SSSR count). The van der Waals surface area contributed by atoms with Crippen molar-refractivity contribution >= 4 is 15.8 Å². The molecule has 1 saturated carbocycles. The number of hydrogen-bond donors (Lipinski definition) is 2. The highest BCUT2D eigenvalue weighted by molar-refractivity contribution is 7.89. The summed E-state index contributed by atoms with van der Waals surface area (Å²) in [6, 6.07) is 0.131. The van der Waals surface area contributed by atoms with Crippen LogP contribution in [-0.4, -0.2) is 24.2 Å². The maximum atomic E-state index is 12.2. The Hall–Kier alpha value is -1.08. The SMILES string of the molecule is CCC(C)NS(=O)(=O)c1cnn(C2CCCC2)c1N. The average Bonchev–Trinajstić information content (AvgIpc) is 2.96. The van der Waals surface area contributed by atoms with Crippen LogP contribution in [0.1, 0.15) is 52.0 Å². The van der Waals surface area contributed by atoms with Gasteiger partial charge in [0.05, 0.1) is 12.2 Å². The molecule has 1 unspecified atom stereocenters. The zero-order valence-electron chi connectivity index (χ0n) is 11.5. The van der Waals surface area contributed by atoms with Crippen molar-refractivity contribution in [3.8, 4) is 0 Å². The van der Waals surface area contributed by atoms with Gasteiger partial charge < -0.3 is 5.73 Å². The molecule has 0 bridgehead atoms. The summed E-state index contributed by atoms with van der Waals surface area (Å²) in [6.45, 7) is 3.76. The molecular formula is C12H22N4O2S. The first-order valence-electron chi connectivity index (χ1n) is 6.81. The molecule has 1 heterocycles. The Kier molecular flexibility index (Phi) is 4.15. The number of nitrogens with zero attached hydrogens (tertiary/aromatic N) is 2. The number of rotatable bonds is 5. The predicted octanol–water partition coefficient (Wildman–Crippen LogP) is 1.66. The van der Waals surface area contributed by atoms with Crippen LogP contribution in [0.3, 0.4) is 0 Å². The van der Waals surface area contributed by atoms with E-state index in [4.69, 9.17) is 5.73 Å². The minimum atomic E-state index is -3.57. The maximum absolute atomic E-state index is 12.2. The lowest BCUT2D eigenvalue weighted by molar-refractivity contribution is 0.473. The van der Waals surface area contributed by atoms with Gasteiger partial charge in [0.25, 0.3) is 0 Å². The third-order valence-electron chi connectivity index (χ3n) is 3.73. The van der Waals surface area contributed by atoms with Crippen LogP contribution in [-0.2, 0) is 10.0 Å². The quantitative estimate of drug-likeness (QED) is 0.861. The lowest BCUT2D eigenvalue weighted by Gasteiger charge is -2.14. The fraction of sp³-hybridized carbons (Fsp3) is 0.750. The Morgan fingerprint density at radius 2 is 2.16 bits per heavy atom. The molecular weight excluding hydrogens is 264 g/mol. The van der Waals surface area contributed by atoms with Crippen LogP contribution >= 0.6 is 0 Å². The zero-order chi connectivity index (χ0) is 14.0. The van der Waals surface area contributed by atoms with E-state index in [1.807, 2.05) is 13.8 Å². The van der Waals surface area contributed by atoms with Crippen LogP contribution in [0, 0.1) is 0 Å². The molecule has 1 aliphatic rings. The Morgan fingerprint density at radius 3 is 2.74 bits per heavy atom. The molecule has 19 heavy (non-hydrogen) atoms.